The molecule has 2 aromatic heterocycles. The summed E-state index contributed by atoms with van der Waals surface area (Å²) in [5.41, 5.74) is 2.20. The van der Waals surface area contributed by atoms with Gasteiger partial charge in [-0.2, -0.15) is 0 Å². The molecular weight excluding hydrogens is 406 g/mol. The summed E-state index contributed by atoms with van der Waals surface area (Å²) in [5, 5.41) is 4.92. The zero-order valence-electron chi connectivity index (χ0n) is 17.5. The van der Waals surface area contributed by atoms with Gasteiger partial charge in [-0.15, -0.1) is 11.3 Å². The number of carbonyl (C=O) groups is 1. The summed E-state index contributed by atoms with van der Waals surface area (Å²) < 4.78 is 8.13. The van der Waals surface area contributed by atoms with Crippen LogP contribution in [0.25, 0.3) is 11.0 Å². The van der Waals surface area contributed by atoms with Crippen molar-refractivity contribution in [1.29, 1.82) is 0 Å². The number of nitrogens with one attached hydrogen (secondary N) is 1. The molecule has 0 saturated heterocycles. The van der Waals surface area contributed by atoms with Crippen molar-refractivity contribution in [2.75, 3.05) is 13.2 Å². The number of para-hydroxylation sites is 3. The van der Waals surface area contributed by atoms with E-state index >= 15 is 0 Å². The molecule has 2 heterocycles. The monoisotopic (exact) mass is 433 g/mol. The molecule has 0 spiro atoms. The van der Waals surface area contributed by atoms with Crippen molar-refractivity contribution in [2.45, 2.75) is 32.2 Å². The number of imidazole rings is 1. The molecule has 4 rings (SSSR count). The Morgan fingerprint density at radius 2 is 1.81 bits per heavy atom. The number of ether oxygens (including phenoxy) is 1. The van der Waals surface area contributed by atoms with E-state index in [2.05, 4.69) is 28.1 Å². The fraction of sp³-hybridized carbons (Fsp3) is 0.280. The molecule has 2 aromatic carbocycles. The van der Waals surface area contributed by atoms with Crippen LogP contribution >= 0.6 is 11.3 Å². The number of aromatic nitrogens is 2. The van der Waals surface area contributed by atoms with Gasteiger partial charge in [0.15, 0.2) is 0 Å². The van der Waals surface area contributed by atoms with Crippen molar-refractivity contribution in [3.05, 3.63) is 82.8 Å². The van der Waals surface area contributed by atoms with E-state index in [1.807, 2.05) is 53.9 Å². The Bertz CT molecular complexity index is 1090. The molecule has 0 unspecified atom stereocenters. The minimum atomic E-state index is 0.00178. The summed E-state index contributed by atoms with van der Waals surface area (Å²) in [6.45, 7) is 2.27. The largest absolute Gasteiger partial charge is 0.494 e. The molecule has 1 amide bonds. The molecule has 0 aliphatic rings. The van der Waals surface area contributed by atoms with Gasteiger partial charge in [-0.25, -0.2) is 4.98 Å². The third-order valence-corrected chi connectivity index (χ3v) is 6.00. The molecule has 5 nitrogen and oxygen atoms in total. The van der Waals surface area contributed by atoms with Crippen LogP contribution in [0.3, 0.4) is 0 Å². The van der Waals surface area contributed by atoms with E-state index in [1.165, 1.54) is 16.9 Å². The summed E-state index contributed by atoms with van der Waals surface area (Å²) >= 11 is 1.46. The molecule has 0 aliphatic carbocycles. The number of rotatable bonds is 11. The highest BCUT2D eigenvalue weighted by atomic mass is 32.1. The summed E-state index contributed by atoms with van der Waals surface area (Å²) in [6, 6.07) is 22.0. The summed E-state index contributed by atoms with van der Waals surface area (Å²) in [6.07, 6.45) is 3.70. The van der Waals surface area contributed by atoms with Crippen LogP contribution < -0.4 is 10.1 Å². The van der Waals surface area contributed by atoms with Crippen LogP contribution in [-0.2, 0) is 13.0 Å². The Labute approximate surface area is 186 Å². The third kappa shape index (κ3) is 5.73. The van der Waals surface area contributed by atoms with Crippen molar-refractivity contribution in [3.63, 3.8) is 0 Å². The van der Waals surface area contributed by atoms with Gasteiger partial charge in [0.25, 0.3) is 5.91 Å². The number of unbranched alkanes of at least 4 members (excludes halogenated alkanes) is 1. The summed E-state index contributed by atoms with van der Waals surface area (Å²) in [5.74, 6) is 2.00. The first-order valence-electron chi connectivity index (χ1n) is 10.7. The molecule has 6 heteroatoms. The van der Waals surface area contributed by atoms with E-state index in [9.17, 15) is 4.79 Å². The zero-order chi connectivity index (χ0) is 21.3. The predicted octanol–water partition coefficient (Wildman–Crippen LogP) is 5.32. The second-order valence-electron chi connectivity index (χ2n) is 7.37. The highest BCUT2D eigenvalue weighted by molar-refractivity contribution is 7.12. The minimum absolute atomic E-state index is 0.00178. The van der Waals surface area contributed by atoms with Crippen LogP contribution in [0.5, 0.6) is 5.75 Å². The molecule has 4 aromatic rings. The first-order chi connectivity index (χ1) is 15.3. The zero-order valence-corrected chi connectivity index (χ0v) is 18.3. The van der Waals surface area contributed by atoms with Crippen LogP contribution in [0, 0.1) is 0 Å². The maximum absolute atomic E-state index is 12.1. The van der Waals surface area contributed by atoms with Gasteiger partial charge in [0.1, 0.15) is 11.6 Å². The third-order valence-electron chi connectivity index (χ3n) is 5.13. The van der Waals surface area contributed by atoms with Crippen LogP contribution in [0.15, 0.2) is 72.1 Å². The van der Waals surface area contributed by atoms with E-state index in [0.29, 0.717) is 13.2 Å². The predicted molar refractivity (Wildman–Crippen MR) is 126 cm³/mol. The minimum Gasteiger partial charge on any atom is -0.494 e. The molecule has 0 atom stereocenters. The van der Waals surface area contributed by atoms with Gasteiger partial charge in [0, 0.05) is 19.5 Å². The van der Waals surface area contributed by atoms with Gasteiger partial charge >= 0.3 is 0 Å². The lowest BCUT2D eigenvalue weighted by Gasteiger charge is -2.10. The van der Waals surface area contributed by atoms with E-state index in [1.54, 1.807) is 0 Å². The second-order valence-corrected chi connectivity index (χ2v) is 8.32. The number of thiophene rings is 1. The molecule has 0 fully saturated rings. The first kappa shape index (κ1) is 21.1. The van der Waals surface area contributed by atoms with E-state index in [0.717, 1.165) is 54.2 Å². The lowest BCUT2D eigenvalue weighted by atomic mass is 10.2. The molecule has 31 heavy (non-hydrogen) atoms. The lowest BCUT2D eigenvalue weighted by molar-refractivity contribution is 0.0957. The maximum Gasteiger partial charge on any atom is 0.261 e. The van der Waals surface area contributed by atoms with Gasteiger partial charge in [-0.05, 0) is 55.0 Å². The Hall–Kier alpha value is -3.12. The molecule has 1 N–H and O–H groups in total. The Morgan fingerprint density at radius 3 is 2.65 bits per heavy atom. The van der Waals surface area contributed by atoms with Crippen molar-refractivity contribution < 1.29 is 9.53 Å². The lowest BCUT2D eigenvalue weighted by Crippen LogP contribution is -2.24. The smallest absolute Gasteiger partial charge is 0.261 e. The SMILES string of the molecule is O=C(NCCCc1nc2ccccc2n1CCCCOc1ccccc1)c1cccs1. The number of carbonyl (C=O) groups excluding carboxylic acids is 1. The molecule has 0 aliphatic heterocycles. The average molecular weight is 434 g/mol. The fourth-order valence-corrected chi connectivity index (χ4v) is 4.23. The summed E-state index contributed by atoms with van der Waals surface area (Å²) in [7, 11) is 0. The van der Waals surface area contributed by atoms with Crippen LogP contribution in [0.4, 0.5) is 0 Å². The Morgan fingerprint density at radius 1 is 0.968 bits per heavy atom. The van der Waals surface area contributed by atoms with Crippen molar-refractivity contribution in [2.24, 2.45) is 0 Å². The average Bonchev–Trinajstić information content (AvgIpc) is 3.46. The normalized spacial score (nSPS) is 11.0. The second kappa shape index (κ2) is 10.8. The number of hydrogen-bond acceptors (Lipinski definition) is 4. The number of amides is 1. The Kier molecular flexibility index (Phi) is 7.34. The molecular formula is C25H27N3O2S. The van der Waals surface area contributed by atoms with Crippen LogP contribution in [0.1, 0.15) is 34.8 Å². The number of benzene rings is 2. The topological polar surface area (TPSA) is 56.2 Å². The van der Waals surface area contributed by atoms with Gasteiger partial charge in [-0.1, -0.05) is 36.4 Å². The van der Waals surface area contributed by atoms with Crippen molar-refractivity contribution in [3.8, 4) is 5.75 Å². The Balaban J connectivity index is 1.29. The quantitative estimate of drug-likeness (QED) is 0.326. The van der Waals surface area contributed by atoms with Crippen molar-refractivity contribution >= 4 is 28.3 Å². The van der Waals surface area contributed by atoms with Gasteiger partial charge in [0.2, 0.25) is 0 Å². The maximum atomic E-state index is 12.1. The van der Waals surface area contributed by atoms with Crippen molar-refractivity contribution in [1.82, 2.24) is 14.9 Å². The van der Waals surface area contributed by atoms with E-state index in [4.69, 9.17) is 9.72 Å². The highest BCUT2D eigenvalue weighted by Gasteiger charge is 2.11. The number of hydrogen-bond donors (Lipinski definition) is 1. The van der Waals surface area contributed by atoms with E-state index in [-0.39, 0.29) is 5.91 Å². The molecule has 0 radical (unpaired) electrons. The van der Waals surface area contributed by atoms with Gasteiger partial charge in [-0.3, -0.25) is 4.79 Å². The first-order valence-corrected chi connectivity index (χ1v) is 11.6. The fourth-order valence-electron chi connectivity index (χ4n) is 3.59. The molecule has 0 bridgehead atoms. The van der Waals surface area contributed by atoms with Crippen LogP contribution in [0.2, 0.25) is 0 Å². The number of nitrogens with zero attached hydrogens (tertiary/aromatic N) is 2. The van der Waals surface area contributed by atoms with Gasteiger partial charge in [0.05, 0.1) is 22.5 Å². The molecule has 0 saturated carbocycles. The summed E-state index contributed by atoms with van der Waals surface area (Å²) in [4.78, 5) is 17.7. The number of aryl methyl sites for hydroxylation is 2. The van der Waals surface area contributed by atoms with E-state index < -0.39 is 0 Å². The molecule has 160 valence electrons. The number of fused-ring (bicyclic) bond motifs is 1. The van der Waals surface area contributed by atoms with Crippen LogP contribution in [-0.4, -0.2) is 28.6 Å². The standard InChI is InChI=1S/C25H27N3O2S/c29-25(23-14-9-19-31-23)26-16-8-15-24-27-21-12-4-5-13-22(21)28(24)17-6-7-18-30-20-10-2-1-3-11-20/h1-5,9-14,19H,6-8,15-18H2,(H,26,29). The highest BCUT2D eigenvalue weighted by Crippen LogP contribution is 2.18. The van der Waals surface area contributed by atoms with Gasteiger partial charge < -0.3 is 14.6 Å².